The predicted molar refractivity (Wildman–Crippen MR) is 130 cm³/mol. The maximum atomic E-state index is 13.7. The van der Waals surface area contributed by atoms with Gasteiger partial charge in [-0.1, -0.05) is 0 Å². The number of nitrogens with one attached hydrogen (secondary N) is 4. The lowest BCUT2D eigenvalue weighted by molar-refractivity contribution is -0.133. The average molecular weight is 487 g/mol. The molecule has 1 atom stereocenters. The molecule has 1 aliphatic heterocycles. The molecule has 2 heterocycles. The third-order valence-corrected chi connectivity index (χ3v) is 5.71. The van der Waals surface area contributed by atoms with Crippen LogP contribution in [0.1, 0.15) is 46.2 Å². The van der Waals surface area contributed by atoms with E-state index in [1.54, 1.807) is 34.0 Å². The van der Waals surface area contributed by atoms with Crippen molar-refractivity contribution in [3.8, 4) is 0 Å². The van der Waals surface area contributed by atoms with Crippen LogP contribution in [0.25, 0.3) is 11.6 Å². The van der Waals surface area contributed by atoms with Crippen LogP contribution in [0.2, 0.25) is 0 Å². The topological polar surface area (TPSA) is 122 Å². The van der Waals surface area contributed by atoms with Crippen LogP contribution in [0.15, 0.2) is 18.2 Å². The van der Waals surface area contributed by atoms with E-state index in [0.717, 1.165) is 0 Å². The first kappa shape index (κ1) is 26.1. The van der Waals surface area contributed by atoms with Gasteiger partial charge in [-0.15, -0.1) is 0 Å². The number of halogens is 1. The smallest absolute Gasteiger partial charge is 0.256 e. The molecule has 0 saturated carbocycles. The molecule has 1 unspecified atom stereocenters. The number of aryl methyl sites for hydroxylation is 1. The molecule has 0 saturated heterocycles. The van der Waals surface area contributed by atoms with Crippen molar-refractivity contribution in [3.05, 3.63) is 52.1 Å². The molecule has 0 bridgehead atoms. The highest BCUT2D eigenvalue weighted by molar-refractivity contribution is 6.34. The Morgan fingerprint density at radius 1 is 1.20 bits per heavy atom. The van der Waals surface area contributed by atoms with Crippen molar-refractivity contribution in [3.63, 3.8) is 0 Å². The molecule has 1 aromatic heterocycles. The quantitative estimate of drug-likeness (QED) is 0.287. The number of ether oxygens (including phenoxy) is 2. The van der Waals surface area contributed by atoms with E-state index in [9.17, 15) is 18.8 Å². The molecule has 4 N–H and O–H groups in total. The second-order valence-electron chi connectivity index (χ2n) is 8.14. The van der Waals surface area contributed by atoms with Gasteiger partial charge in [-0.05, 0) is 57.0 Å². The number of anilines is 1. The molecule has 1 aromatic carbocycles. The molecule has 0 radical (unpaired) electrons. The summed E-state index contributed by atoms with van der Waals surface area (Å²) >= 11 is 0. The summed E-state index contributed by atoms with van der Waals surface area (Å²) < 4.78 is 24.2. The Kier molecular flexibility index (Phi) is 8.78. The Balaban J connectivity index is 1.70. The Morgan fingerprint density at radius 2 is 1.97 bits per heavy atom. The van der Waals surface area contributed by atoms with E-state index in [1.165, 1.54) is 18.2 Å². The van der Waals surface area contributed by atoms with E-state index in [-0.39, 0.29) is 24.3 Å². The van der Waals surface area contributed by atoms with Crippen molar-refractivity contribution in [2.45, 2.75) is 33.3 Å². The van der Waals surface area contributed by atoms with Gasteiger partial charge in [0.1, 0.15) is 11.9 Å². The van der Waals surface area contributed by atoms with Crippen molar-refractivity contribution in [1.29, 1.82) is 0 Å². The molecular formula is C25H31FN4O5. The molecule has 35 heavy (non-hydrogen) atoms. The summed E-state index contributed by atoms with van der Waals surface area (Å²) in [6.07, 6.45) is 1.24. The first-order chi connectivity index (χ1) is 16.8. The zero-order chi connectivity index (χ0) is 25.5. The van der Waals surface area contributed by atoms with Gasteiger partial charge in [0.2, 0.25) is 5.91 Å². The number of carbonyl (C=O) groups excluding carboxylic acids is 3. The number of fused-ring (bicyclic) bond motifs is 1. The van der Waals surface area contributed by atoms with Gasteiger partial charge in [0, 0.05) is 49.4 Å². The van der Waals surface area contributed by atoms with Crippen molar-refractivity contribution in [1.82, 2.24) is 15.6 Å². The molecule has 0 fully saturated rings. The van der Waals surface area contributed by atoms with Crippen molar-refractivity contribution in [2.75, 3.05) is 38.7 Å². The van der Waals surface area contributed by atoms with Gasteiger partial charge in [-0.3, -0.25) is 14.4 Å². The Labute approximate surface area is 203 Å². The standard InChI is InChI=1S/C25H31FN4O5/c1-5-35-21(24(32)28-10-11-34-4)8-9-27-25(33)22-14(2)20(29-15(22)3)13-18-17-12-16(26)6-7-19(17)30-23(18)31/h6-7,12-13,21,29H,5,8-11H2,1-4H3,(H,27,33)(H,28,32)(H,30,31)/b18-13-. The highest BCUT2D eigenvalue weighted by Gasteiger charge is 2.26. The van der Waals surface area contributed by atoms with Crippen LogP contribution in [-0.2, 0) is 19.1 Å². The van der Waals surface area contributed by atoms with Crippen LogP contribution in [0, 0.1) is 19.7 Å². The number of aromatic amines is 1. The highest BCUT2D eigenvalue weighted by Crippen LogP contribution is 2.34. The second kappa shape index (κ2) is 11.8. The minimum atomic E-state index is -0.688. The fourth-order valence-electron chi connectivity index (χ4n) is 3.99. The summed E-state index contributed by atoms with van der Waals surface area (Å²) in [5.74, 6) is -1.34. The Hall–Kier alpha value is -3.50. The van der Waals surface area contributed by atoms with E-state index in [1.807, 2.05) is 0 Å². The minimum Gasteiger partial charge on any atom is -0.383 e. The van der Waals surface area contributed by atoms with Gasteiger partial charge in [-0.2, -0.15) is 0 Å². The zero-order valence-corrected chi connectivity index (χ0v) is 20.3. The van der Waals surface area contributed by atoms with Gasteiger partial charge in [0.25, 0.3) is 11.8 Å². The van der Waals surface area contributed by atoms with E-state index in [0.29, 0.717) is 65.5 Å². The number of rotatable bonds is 11. The number of methoxy groups -OCH3 is 1. The summed E-state index contributed by atoms with van der Waals surface area (Å²) in [6, 6.07) is 4.11. The summed E-state index contributed by atoms with van der Waals surface area (Å²) in [5, 5.41) is 8.29. The first-order valence-corrected chi connectivity index (χ1v) is 11.4. The fraction of sp³-hybridized carbons (Fsp3) is 0.400. The van der Waals surface area contributed by atoms with Gasteiger partial charge < -0.3 is 30.4 Å². The molecule has 10 heteroatoms. The van der Waals surface area contributed by atoms with Gasteiger partial charge in [0.15, 0.2) is 0 Å². The molecular weight excluding hydrogens is 455 g/mol. The molecule has 3 rings (SSSR count). The number of hydrogen-bond donors (Lipinski definition) is 4. The Bertz CT molecular complexity index is 1140. The number of amides is 3. The normalized spacial score (nSPS) is 14.5. The summed E-state index contributed by atoms with van der Waals surface area (Å²) in [6.45, 7) is 6.71. The number of benzene rings is 1. The lowest BCUT2D eigenvalue weighted by Gasteiger charge is -2.17. The van der Waals surface area contributed by atoms with E-state index in [2.05, 4.69) is 20.9 Å². The molecule has 1 aliphatic rings. The van der Waals surface area contributed by atoms with Crippen LogP contribution in [0.5, 0.6) is 0 Å². The van der Waals surface area contributed by atoms with Crippen molar-refractivity contribution in [2.24, 2.45) is 0 Å². The van der Waals surface area contributed by atoms with Gasteiger partial charge in [-0.25, -0.2) is 4.39 Å². The number of H-pyrrole nitrogens is 1. The summed E-state index contributed by atoms with van der Waals surface area (Å²) in [7, 11) is 1.55. The lowest BCUT2D eigenvalue weighted by atomic mass is 10.0. The van der Waals surface area contributed by atoms with Gasteiger partial charge in [0.05, 0.1) is 17.7 Å². The second-order valence-corrected chi connectivity index (χ2v) is 8.14. The monoisotopic (exact) mass is 486 g/mol. The van der Waals surface area contributed by atoms with E-state index < -0.39 is 11.9 Å². The maximum Gasteiger partial charge on any atom is 0.256 e. The Morgan fingerprint density at radius 3 is 2.69 bits per heavy atom. The van der Waals surface area contributed by atoms with E-state index >= 15 is 0 Å². The molecule has 188 valence electrons. The third-order valence-electron chi connectivity index (χ3n) is 5.71. The summed E-state index contributed by atoms with van der Waals surface area (Å²) in [4.78, 5) is 40.8. The SMILES string of the molecule is CCOC(CCNC(=O)c1c(C)[nH]c(/C=C2\C(=O)Nc3ccc(F)cc32)c1C)C(=O)NCCOC. The number of aromatic nitrogens is 1. The third kappa shape index (κ3) is 6.14. The molecule has 2 aromatic rings. The van der Waals surface area contributed by atoms with Gasteiger partial charge >= 0.3 is 0 Å². The van der Waals surface area contributed by atoms with E-state index in [4.69, 9.17) is 9.47 Å². The number of carbonyl (C=O) groups is 3. The average Bonchev–Trinajstić information content (AvgIpc) is 3.27. The van der Waals surface area contributed by atoms with Crippen LogP contribution >= 0.6 is 0 Å². The first-order valence-electron chi connectivity index (χ1n) is 11.4. The minimum absolute atomic E-state index is 0.233. The molecule has 9 nitrogen and oxygen atoms in total. The molecule has 0 spiro atoms. The lowest BCUT2D eigenvalue weighted by Crippen LogP contribution is -2.40. The van der Waals surface area contributed by atoms with Crippen molar-refractivity contribution < 1.29 is 28.2 Å². The number of hydrogen-bond acceptors (Lipinski definition) is 5. The maximum absolute atomic E-state index is 13.7. The van der Waals surface area contributed by atoms with Crippen LogP contribution in [0.3, 0.4) is 0 Å². The zero-order valence-electron chi connectivity index (χ0n) is 20.3. The van der Waals surface area contributed by atoms with Crippen LogP contribution in [0.4, 0.5) is 10.1 Å². The van der Waals surface area contributed by atoms with Crippen molar-refractivity contribution >= 4 is 35.1 Å². The van der Waals surface area contributed by atoms with Crippen LogP contribution in [-0.4, -0.2) is 62.2 Å². The molecule has 3 amide bonds. The highest BCUT2D eigenvalue weighted by atomic mass is 19.1. The van der Waals surface area contributed by atoms with Crippen LogP contribution < -0.4 is 16.0 Å². The summed E-state index contributed by atoms with van der Waals surface area (Å²) in [5.41, 5.74) is 3.64. The largest absolute Gasteiger partial charge is 0.383 e. The molecule has 0 aliphatic carbocycles. The predicted octanol–water partition coefficient (Wildman–Crippen LogP) is 2.55. The fourth-order valence-corrected chi connectivity index (χ4v) is 3.99.